The summed E-state index contributed by atoms with van der Waals surface area (Å²) in [6, 6.07) is 0. The summed E-state index contributed by atoms with van der Waals surface area (Å²) < 4.78 is 32.9. The Morgan fingerprint density at radius 3 is 1.26 bits per heavy atom. The van der Waals surface area contributed by atoms with E-state index in [1.165, 1.54) is 116 Å². The number of phosphoric acid groups is 1. The van der Waals surface area contributed by atoms with Crippen molar-refractivity contribution in [3.8, 4) is 0 Å². The number of esters is 2. The highest BCUT2D eigenvalue weighted by atomic mass is 31.2. The molecule has 9 nitrogen and oxygen atoms in total. The Hall–Kier alpha value is -2.55. The molecule has 65 heavy (non-hydrogen) atoms. The third-order valence-corrected chi connectivity index (χ3v) is 12.1. The van der Waals surface area contributed by atoms with Crippen LogP contribution in [0.3, 0.4) is 0 Å². The van der Waals surface area contributed by atoms with E-state index in [0.29, 0.717) is 6.42 Å². The summed E-state index contributed by atoms with van der Waals surface area (Å²) in [7, 11) is -4.39. The van der Waals surface area contributed by atoms with Gasteiger partial charge in [-0.15, -0.1) is 0 Å². The summed E-state index contributed by atoms with van der Waals surface area (Å²) in [5.74, 6) is -0.829. The van der Waals surface area contributed by atoms with Gasteiger partial charge in [-0.3, -0.25) is 18.6 Å². The van der Waals surface area contributed by atoms with E-state index in [-0.39, 0.29) is 38.6 Å². The Labute approximate surface area is 399 Å². The molecule has 0 aromatic rings. The Balaban J connectivity index is 4.01. The Kier molecular flexibility index (Phi) is 48.9. The minimum atomic E-state index is -4.39. The number of carbonyl (C=O) groups is 2. The van der Waals surface area contributed by atoms with Crippen molar-refractivity contribution in [2.45, 2.75) is 238 Å². The molecule has 3 N–H and O–H groups in total. The topological polar surface area (TPSA) is 134 Å². The van der Waals surface area contributed by atoms with E-state index in [0.717, 1.165) is 83.5 Å². The molecule has 0 saturated carbocycles. The van der Waals surface area contributed by atoms with Gasteiger partial charge in [0.15, 0.2) is 6.10 Å². The lowest BCUT2D eigenvalue weighted by Gasteiger charge is -2.19. The quantitative estimate of drug-likeness (QED) is 0.0265. The summed E-state index contributed by atoms with van der Waals surface area (Å²) >= 11 is 0. The molecular formula is C55H98NO8P. The zero-order chi connectivity index (χ0) is 47.4. The van der Waals surface area contributed by atoms with Crippen molar-refractivity contribution in [1.29, 1.82) is 0 Å². The monoisotopic (exact) mass is 932 g/mol. The molecule has 0 heterocycles. The summed E-state index contributed by atoms with van der Waals surface area (Å²) in [6.45, 7) is 3.64. The van der Waals surface area contributed by atoms with E-state index in [1.807, 2.05) is 0 Å². The zero-order valence-corrected chi connectivity index (χ0v) is 42.6. The van der Waals surface area contributed by atoms with Crippen LogP contribution in [0.2, 0.25) is 0 Å². The molecule has 0 bridgehead atoms. The van der Waals surface area contributed by atoms with Crippen LogP contribution in [-0.4, -0.2) is 49.3 Å². The van der Waals surface area contributed by atoms with E-state index in [2.05, 4.69) is 86.8 Å². The minimum absolute atomic E-state index is 0.0512. The summed E-state index contributed by atoms with van der Waals surface area (Å²) in [5.41, 5.74) is 5.37. The van der Waals surface area contributed by atoms with Crippen LogP contribution in [0, 0.1) is 0 Å². The second kappa shape index (κ2) is 50.9. The van der Waals surface area contributed by atoms with Gasteiger partial charge < -0.3 is 20.1 Å². The molecule has 376 valence electrons. The van der Waals surface area contributed by atoms with Gasteiger partial charge in [0.05, 0.1) is 13.2 Å². The van der Waals surface area contributed by atoms with E-state index in [4.69, 9.17) is 24.3 Å². The highest BCUT2D eigenvalue weighted by molar-refractivity contribution is 7.47. The number of rotatable bonds is 49. The van der Waals surface area contributed by atoms with Gasteiger partial charge >= 0.3 is 19.8 Å². The summed E-state index contributed by atoms with van der Waals surface area (Å²) in [4.78, 5) is 35.1. The van der Waals surface area contributed by atoms with Crippen LogP contribution in [0.4, 0.5) is 0 Å². The van der Waals surface area contributed by atoms with E-state index < -0.39 is 26.5 Å². The molecule has 0 fully saturated rings. The lowest BCUT2D eigenvalue weighted by Crippen LogP contribution is -2.29. The highest BCUT2D eigenvalue weighted by Gasteiger charge is 2.26. The summed E-state index contributed by atoms with van der Waals surface area (Å²) in [5, 5.41) is 0. The maximum atomic E-state index is 12.7. The van der Waals surface area contributed by atoms with E-state index in [1.54, 1.807) is 0 Å². The molecule has 2 atom stereocenters. The lowest BCUT2D eigenvalue weighted by molar-refractivity contribution is -0.161. The minimum Gasteiger partial charge on any atom is -0.462 e. The largest absolute Gasteiger partial charge is 0.472 e. The van der Waals surface area contributed by atoms with Crippen molar-refractivity contribution in [3.63, 3.8) is 0 Å². The molecule has 0 aliphatic carbocycles. The summed E-state index contributed by atoms with van der Waals surface area (Å²) in [6.07, 6.45) is 63.7. The fourth-order valence-corrected chi connectivity index (χ4v) is 7.99. The van der Waals surface area contributed by atoms with Gasteiger partial charge in [0.25, 0.3) is 0 Å². The van der Waals surface area contributed by atoms with E-state index in [9.17, 15) is 19.0 Å². The lowest BCUT2D eigenvalue weighted by atomic mass is 10.0. The van der Waals surface area contributed by atoms with Crippen molar-refractivity contribution in [2.75, 3.05) is 26.4 Å². The van der Waals surface area contributed by atoms with Crippen LogP contribution < -0.4 is 5.73 Å². The second-order valence-corrected chi connectivity index (χ2v) is 18.8. The Bertz CT molecular complexity index is 1290. The predicted octanol–water partition coefficient (Wildman–Crippen LogP) is 16.2. The van der Waals surface area contributed by atoms with Crippen molar-refractivity contribution in [2.24, 2.45) is 5.73 Å². The average molecular weight is 932 g/mol. The van der Waals surface area contributed by atoms with Gasteiger partial charge in [0.2, 0.25) is 0 Å². The maximum absolute atomic E-state index is 12.7. The molecule has 0 aromatic heterocycles. The molecule has 0 aliphatic heterocycles. The van der Waals surface area contributed by atoms with Gasteiger partial charge in [-0.2, -0.15) is 0 Å². The van der Waals surface area contributed by atoms with Crippen molar-refractivity contribution < 1.29 is 37.6 Å². The smallest absolute Gasteiger partial charge is 0.462 e. The van der Waals surface area contributed by atoms with Crippen LogP contribution in [0.1, 0.15) is 232 Å². The number of hydrogen-bond acceptors (Lipinski definition) is 8. The SMILES string of the molecule is CC/C=C\C/C=C\C/C=C\C/C=C\C/C=C\C/C=C\CCCCCCCCCCCCC(=O)OC(COC(=O)CCCCCCCCCCCCCCCCC)COP(=O)(O)OCCN. The van der Waals surface area contributed by atoms with Crippen molar-refractivity contribution in [1.82, 2.24) is 0 Å². The van der Waals surface area contributed by atoms with Gasteiger partial charge in [-0.05, 0) is 64.2 Å². The van der Waals surface area contributed by atoms with Crippen LogP contribution in [-0.2, 0) is 32.7 Å². The molecule has 0 radical (unpaired) electrons. The van der Waals surface area contributed by atoms with Gasteiger partial charge in [-0.1, -0.05) is 228 Å². The van der Waals surface area contributed by atoms with Crippen LogP contribution in [0.15, 0.2) is 72.9 Å². The number of ether oxygens (including phenoxy) is 2. The first kappa shape index (κ1) is 62.4. The molecule has 2 unspecified atom stereocenters. The first-order valence-corrected chi connectivity index (χ1v) is 27.9. The van der Waals surface area contributed by atoms with Gasteiger partial charge in [0, 0.05) is 19.4 Å². The normalized spacial score (nSPS) is 13.7. The molecule has 0 amide bonds. The van der Waals surface area contributed by atoms with Crippen LogP contribution in [0.5, 0.6) is 0 Å². The number of allylic oxidation sites excluding steroid dienone is 12. The van der Waals surface area contributed by atoms with Gasteiger partial charge in [-0.25, -0.2) is 4.57 Å². The number of carbonyl (C=O) groups excluding carboxylic acids is 2. The predicted molar refractivity (Wildman–Crippen MR) is 275 cm³/mol. The fourth-order valence-electron chi connectivity index (χ4n) is 7.23. The third kappa shape index (κ3) is 50.7. The van der Waals surface area contributed by atoms with Crippen LogP contribution in [0.25, 0.3) is 0 Å². The van der Waals surface area contributed by atoms with E-state index >= 15 is 0 Å². The average Bonchev–Trinajstić information content (AvgIpc) is 3.30. The molecule has 0 spiro atoms. The molecule has 0 saturated heterocycles. The number of unbranched alkanes of at least 4 members (excludes halogenated alkanes) is 24. The number of hydrogen-bond donors (Lipinski definition) is 2. The first-order chi connectivity index (χ1) is 31.8. The molecule has 0 aromatic carbocycles. The number of phosphoric ester groups is 1. The van der Waals surface area contributed by atoms with Crippen molar-refractivity contribution >= 4 is 19.8 Å². The van der Waals surface area contributed by atoms with Crippen molar-refractivity contribution in [3.05, 3.63) is 72.9 Å². The highest BCUT2D eigenvalue weighted by Crippen LogP contribution is 2.43. The number of nitrogens with two attached hydrogens (primary N) is 1. The Morgan fingerprint density at radius 2 is 0.846 bits per heavy atom. The van der Waals surface area contributed by atoms with Gasteiger partial charge in [0.1, 0.15) is 6.61 Å². The third-order valence-electron chi connectivity index (χ3n) is 11.1. The Morgan fingerprint density at radius 1 is 0.477 bits per heavy atom. The fraction of sp³-hybridized carbons (Fsp3) is 0.745. The second-order valence-electron chi connectivity index (χ2n) is 17.4. The standard InChI is InChI=1S/C55H98NO8P/c1-3-5-7-9-11-13-15-17-19-20-21-22-23-24-25-26-27-28-29-30-31-32-34-36-38-40-42-44-46-48-55(58)64-53(52-63-65(59,60)62-50-49-56)51-61-54(57)47-45-43-41-39-37-35-33-18-16-14-12-10-8-6-4-2/h5,7,11,13,17,19,21-22,24-25,27-28,53H,3-4,6,8-10,12,14-16,18,20,23,26,29-52,56H2,1-2H3,(H,59,60)/b7-5-,13-11-,19-17-,22-21-,25-24-,28-27-. The molecule has 10 heteroatoms. The molecule has 0 rings (SSSR count). The zero-order valence-electron chi connectivity index (χ0n) is 41.7. The maximum Gasteiger partial charge on any atom is 0.472 e. The first-order valence-electron chi connectivity index (χ1n) is 26.4. The molecule has 0 aliphatic rings. The van der Waals surface area contributed by atoms with Crippen LogP contribution >= 0.6 is 7.82 Å². The molecular weight excluding hydrogens is 834 g/mol.